The van der Waals surface area contributed by atoms with Crippen molar-refractivity contribution in [2.24, 2.45) is 5.73 Å². The first-order valence-electron chi connectivity index (χ1n) is 7.57. The molecule has 6 heteroatoms. The number of hydrogen-bond donors (Lipinski definition) is 2. The molecule has 0 spiro atoms. The number of imidazole rings is 1. The van der Waals surface area contributed by atoms with E-state index in [1.165, 1.54) is 12.3 Å². The fraction of sp³-hybridized carbons (Fsp3) is 0.0526. The summed E-state index contributed by atoms with van der Waals surface area (Å²) in [5, 5.41) is 3.39. The fourth-order valence-corrected chi connectivity index (χ4v) is 2.27. The summed E-state index contributed by atoms with van der Waals surface area (Å²) in [5.41, 5.74) is 7.09. The molecule has 3 N–H and O–H groups in total. The van der Waals surface area contributed by atoms with Gasteiger partial charge in [-0.15, -0.1) is 0 Å². The van der Waals surface area contributed by atoms with Gasteiger partial charge in [-0.1, -0.05) is 42.5 Å². The van der Waals surface area contributed by atoms with Crippen LogP contribution in [-0.4, -0.2) is 15.5 Å². The summed E-state index contributed by atoms with van der Waals surface area (Å²) in [5.74, 6) is 0.195. The van der Waals surface area contributed by atoms with Crippen LogP contribution in [-0.2, 0) is 11.3 Å². The number of hydrogen-bond acceptors (Lipinski definition) is 3. The summed E-state index contributed by atoms with van der Waals surface area (Å²) in [6.45, 7) is 4.29. The number of nitrogens with zero attached hydrogens (tertiary/aromatic N) is 2. The van der Waals surface area contributed by atoms with Gasteiger partial charge in [-0.25, -0.2) is 4.98 Å². The monoisotopic (exact) mass is 354 g/mol. The van der Waals surface area contributed by atoms with Crippen LogP contribution >= 0.6 is 11.6 Å². The number of allylic oxidation sites excluding steroid dienone is 5. The predicted octanol–water partition coefficient (Wildman–Crippen LogP) is 3.66. The predicted molar refractivity (Wildman–Crippen MR) is 102 cm³/mol. The molecule has 0 atom stereocenters. The Balaban J connectivity index is 1.96. The number of rotatable bonds is 7. The molecule has 2 aromatic rings. The average Bonchev–Trinajstić information content (AvgIpc) is 3.02. The Hall–Kier alpha value is -3.05. The standard InChI is InChI=1S/C19H19ClN4O/c1-2-15(6-4-10-21)8-9-19(25)23-18-13-24(14-22-18)12-16-5-3-7-17(20)11-16/h2-11,13-14H,1,12,21H2,(H,23,25)/b9-8+,10-4-,15-6+. The zero-order valence-electron chi connectivity index (χ0n) is 13.6. The van der Waals surface area contributed by atoms with Crippen molar-refractivity contribution in [3.05, 3.63) is 96.1 Å². The van der Waals surface area contributed by atoms with Crippen LogP contribution in [0.5, 0.6) is 0 Å². The number of anilines is 1. The minimum absolute atomic E-state index is 0.280. The molecule has 0 unspecified atom stereocenters. The first kappa shape index (κ1) is 18.3. The molecule has 5 nitrogen and oxygen atoms in total. The molecule has 1 aromatic heterocycles. The topological polar surface area (TPSA) is 72.9 Å². The maximum atomic E-state index is 12.0. The minimum Gasteiger partial charge on any atom is -0.405 e. The molecule has 2 rings (SSSR count). The van der Waals surface area contributed by atoms with Crippen molar-refractivity contribution < 1.29 is 4.79 Å². The van der Waals surface area contributed by atoms with E-state index in [1.54, 1.807) is 36.8 Å². The van der Waals surface area contributed by atoms with Crippen LogP contribution in [0.1, 0.15) is 5.56 Å². The highest BCUT2D eigenvalue weighted by molar-refractivity contribution is 6.30. The van der Waals surface area contributed by atoms with Crippen molar-refractivity contribution in [2.75, 3.05) is 5.32 Å². The summed E-state index contributed by atoms with van der Waals surface area (Å²) in [6.07, 6.45) is 12.9. The number of amides is 1. The van der Waals surface area contributed by atoms with Gasteiger partial charge in [0.2, 0.25) is 5.91 Å². The van der Waals surface area contributed by atoms with Gasteiger partial charge in [0.1, 0.15) is 0 Å². The van der Waals surface area contributed by atoms with Crippen LogP contribution in [0, 0.1) is 0 Å². The highest BCUT2D eigenvalue weighted by Crippen LogP contribution is 2.13. The van der Waals surface area contributed by atoms with Gasteiger partial charge in [0, 0.05) is 23.8 Å². The summed E-state index contributed by atoms with van der Waals surface area (Å²) >= 11 is 5.98. The number of benzene rings is 1. The first-order chi connectivity index (χ1) is 12.1. The lowest BCUT2D eigenvalue weighted by Gasteiger charge is -2.02. The highest BCUT2D eigenvalue weighted by atomic mass is 35.5. The molecule has 0 aliphatic heterocycles. The number of nitrogens with one attached hydrogen (secondary N) is 1. The summed E-state index contributed by atoms with van der Waals surface area (Å²) < 4.78 is 1.87. The maximum Gasteiger partial charge on any atom is 0.249 e. The minimum atomic E-state index is -0.280. The van der Waals surface area contributed by atoms with Crippen molar-refractivity contribution >= 4 is 23.3 Å². The third kappa shape index (κ3) is 6.16. The summed E-state index contributed by atoms with van der Waals surface area (Å²) in [6, 6.07) is 7.59. The molecule has 0 bridgehead atoms. The molecule has 1 heterocycles. The van der Waals surface area contributed by atoms with Crippen LogP contribution in [0.2, 0.25) is 5.02 Å². The largest absolute Gasteiger partial charge is 0.405 e. The second-order valence-corrected chi connectivity index (χ2v) is 5.58. The molecule has 1 amide bonds. The van der Waals surface area contributed by atoms with Gasteiger partial charge in [-0.3, -0.25) is 4.79 Å². The van der Waals surface area contributed by atoms with Crippen LogP contribution in [0.3, 0.4) is 0 Å². The zero-order chi connectivity index (χ0) is 18.1. The van der Waals surface area contributed by atoms with Gasteiger partial charge in [0.25, 0.3) is 0 Å². The van der Waals surface area contributed by atoms with Gasteiger partial charge in [0.05, 0.1) is 6.33 Å². The van der Waals surface area contributed by atoms with Crippen molar-refractivity contribution in [3.63, 3.8) is 0 Å². The summed E-state index contributed by atoms with van der Waals surface area (Å²) in [4.78, 5) is 16.1. The number of halogens is 1. The van der Waals surface area contributed by atoms with E-state index in [-0.39, 0.29) is 5.91 Å². The Labute approximate surface area is 151 Å². The van der Waals surface area contributed by atoms with Crippen molar-refractivity contribution in [1.82, 2.24) is 9.55 Å². The normalized spacial score (nSPS) is 12.0. The van der Waals surface area contributed by atoms with E-state index in [9.17, 15) is 4.79 Å². The first-order valence-corrected chi connectivity index (χ1v) is 7.95. The van der Waals surface area contributed by atoms with Gasteiger partial charge >= 0.3 is 0 Å². The molecular weight excluding hydrogens is 336 g/mol. The van der Waals surface area contributed by atoms with E-state index < -0.39 is 0 Å². The highest BCUT2D eigenvalue weighted by Gasteiger charge is 2.03. The Kier molecular flexibility index (Phi) is 6.80. The van der Waals surface area contributed by atoms with Gasteiger partial charge < -0.3 is 15.6 Å². The molecule has 0 aliphatic rings. The fourth-order valence-electron chi connectivity index (χ4n) is 2.06. The lowest BCUT2D eigenvalue weighted by atomic mass is 10.2. The van der Waals surface area contributed by atoms with Gasteiger partial charge in [0.15, 0.2) is 5.82 Å². The van der Waals surface area contributed by atoms with Crippen LogP contribution in [0.25, 0.3) is 0 Å². The van der Waals surface area contributed by atoms with E-state index in [1.807, 2.05) is 28.8 Å². The molecule has 0 aliphatic carbocycles. The SMILES string of the molecule is C=CC(/C=C/C(=O)Nc1cn(Cc2cccc(Cl)c2)cn1)=C\C=C/N. The smallest absolute Gasteiger partial charge is 0.249 e. The van der Waals surface area contributed by atoms with Crippen molar-refractivity contribution in [1.29, 1.82) is 0 Å². The van der Waals surface area contributed by atoms with Crippen molar-refractivity contribution in [2.45, 2.75) is 6.54 Å². The number of carbonyl (C=O) groups excluding carboxylic acids is 1. The molecule has 0 fully saturated rings. The molecule has 25 heavy (non-hydrogen) atoms. The Morgan fingerprint density at radius 3 is 2.96 bits per heavy atom. The lowest BCUT2D eigenvalue weighted by molar-refractivity contribution is -0.111. The molecular formula is C19H19ClN4O. The maximum absolute atomic E-state index is 12.0. The Morgan fingerprint density at radius 2 is 2.24 bits per heavy atom. The number of carbonyl (C=O) groups is 1. The van der Waals surface area contributed by atoms with E-state index in [0.717, 1.165) is 11.1 Å². The van der Waals surface area contributed by atoms with Crippen LogP contribution in [0.15, 0.2) is 85.5 Å². The summed E-state index contributed by atoms with van der Waals surface area (Å²) in [7, 11) is 0. The quantitative estimate of drug-likeness (QED) is 0.588. The molecule has 128 valence electrons. The number of nitrogens with two attached hydrogens (primary N) is 1. The van der Waals surface area contributed by atoms with Crippen molar-refractivity contribution in [3.8, 4) is 0 Å². The number of aromatic nitrogens is 2. The second-order valence-electron chi connectivity index (χ2n) is 5.14. The van der Waals surface area contributed by atoms with Crippen LogP contribution < -0.4 is 11.1 Å². The molecule has 0 saturated heterocycles. The van der Waals surface area contributed by atoms with Gasteiger partial charge in [-0.2, -0.15) is 0 Å². The zero-order valence-corrected chi connectivity index (χ0v) is 14.4. The van der Waals surface area contributed by atoms with Gasteiger partial charge in [-0.05, 0) is 41.6 Å². The van der Waals surface area contributed by atoms with E-state index in [0.29, 0.717) is 17.4 Å². The van der Waals surface area contributed by atoms with Crippen LogP contribution in [0.4, 0.5) is 5.82 Å². The lowest BCUT2D eigenvalue weighted by Crippen LogP contribution is -2.08. The second kappa shape index (κ2) is 9.30. The Morgan fingerprint density at radius 1 is 1.40 bits per heavy atom. The molecule has 0 saturated carbocycles. The Bertz CT molecular complexity index is 833. The third-order valence-electron chi connectivity index (χ3n) is 3.20. The van der Waals surface area contributed by atoms with E-state index >= 15 is 0 Å². The third-order valence-corrected chi connectivity index (χ3v) is 3.44. The van der Waals surface area contributed by atoms with E-state index in [2.05, 4.69) is 16.9 Å². The molecule has 0 radical (unpaired) electrons. The van der Waals surface area contributed by atoms with E-state index in [4.69, 9.17) is 17.3 Å². The molecule has 1 aromatic carbocycles. The average molecular weight is 355 g/mol.